The monoisotopic (exact) mass is 221 g/mol. The zero-order chi connectivity index (χ0) is 11.4. The van der Waals surface area contributed by atoms with Gasteiger partial charge >= 0.3 is 0 Å². The van der Waals surface area contributed by atoms with Gasteiger partial charge in [-0.25, -0.2) is 0 Å². The fourth-order valence-electron chi connectivity index (χ4n) is 2.29. The molecule has 1 saturated carbocycles. The predicted molar refractivity (Wildman–Crippen MR) is 63.5 cm³/mol. The topological polar surface area (TPSA) is 55.5 Å². The molecule has 3 N–H and O–H groups in total. The SMILES string of the molecule is NC(COc1cccc(O)c1)C1CCCC1. The third kappa shape index (κ3) is 2.89. The van der Waals surface area contributed by atoms with Crippen LogP contribution < -0.4 is 10.5 Å². The van der Waals surface area contributed by atoms with Crippen LogP contribution in [0.1, 0.15) is 25.7 Å². The van der Waals surface area contributed by atoms with Gasteiger partial charge in [0, 0.05) is 12.1 Å². The van der Waals surface area contributed by atoms with E-state index in [4.69, 9.17) is 10.5 Å². The zero-order valence-corrected chi connectivity index (χ0v) is 9.43. The van der Waals surface area contributed by atoms with E-state index in [0.29, 0.717) is 18.3 Å². The number of ether oxygens (including phenoxy) is 1. The van der Waals surface area contributed by atoms with Gasteiger partial charge in [-0.1, -0.05) is 18.9 Å². The van der Waals surface area contributed by atoms with Crippen LogP contribution in [-0.2, 0) is 0 Å². The molecule has 1 aromatic carbocycles. The van der Waals surface area contributed by atoms with E-state index >= 15 is 0 Å². The van der Waals surface area contributed by atoms with Gasteiger partial charge in [0.25, 0.3) is 0 Å². The summed E-state index contributed by atoms with van der Waals surface area (Å²) in [6.45, 7) is 0.536. The quantitative estimate of drug-likeness (QED) is 0.820. The van der Waals surface area contributed by atoms with Gasteiger partial charge in [-0.05, 0) is 30.9 Å². The van der Waals surface area contributed by atoms with Crippen LogP contribution in [0.3, 0.4) is 0 Å². The molecule has 2 rings (SSSR count). The van der Waals surface area contributed by atoms with Crippen molar-refractivity contribution in [3.05, 3.63) is 24.3 Å². The lowest BCUT2D eigenvalue weighted by atomic mass is 10.00. The maximum atomic E-state index is 9.28. The standard InChI is InChI=1S/C13H19NO2/c14-13(10-4-1-2-5-10)9-16-12-7-3-6-11(15)8-12/h3,6-8,10,13,15H,1-2,4-5,9,14H2. The Morgan fingerprint density at radius 3 is 2.81 bits per heavy atom. The van der Waals surface area contributed by atoms with Crippen LogP contribution in [0.25, 0.3) is 0 Å². The molecular weight excluding hydrogens is 202 g/mol. The average Bonchev–Trinajstić information content (AvgIpc) is 2.79. The molecule has 0 spiro atoms. The van der Waals surface area contributed by atoms with Gasteiger partial charge in [0.15, 0.2) is 0 Å². The van der Waals surface area contributed by atoms with E-state index in [2.05, 4.69) is 0 Å². The highest BCUT2D eigenvalue weighted by Gasteiger charge is 2.22. The Morgan fingerprint density at radius 2 is 2.12 bits per heavy atom. The second-order valence-electron chi connectivity index (χ2n) is 4.52. The summed E-state index contributed by atoms with van der Waals surface area (Å²) in [7, 11) is 0. The molecule has 16 heavy (non-hydrogen) atoms. The minimum atomic E-state index is 0.116. The molecule has 1 aliphatic rings. The molecule has 0 aliphatic heterocycles. The van der Waals surface area contributed by atoms with Crippen LogP contribution in [-0.4, -0.2) is 17.8 Å². The minimum Gasteiger partial charge on any atom is -0.508 e. The normalized spacial score (nSPS) is 18.6. The summed E-state index contributed by atoms with van der Waals surface area (Å²) in [5.41, 5.74) is 6.08. The molecule has 0 aromatic heterocycles. The molecule has 0 heterocycles. The summed E-state index contributed by atoms with van der Waals surface area (Å²) in [4.78, 5) is 0. The van der Waals surface area contributed by atoms with E-state index in [1.54, 1.807) is 18.2 Å². The number of hydrogen-bond acceptors (Lipinski definition) is 3. The van der Waals surface area contributed by atoms with Gasteiger partial charge in [-0.2, -0.15) is 0 Å². The maximum Gasteiger partial charge on any atom is 0.123 e. The molecule has 1 aromatic rings. The van der Waals surface area contributed by atoms with E-state index in [9.17, 15) is 5.11 Å². The van der Waals surface area contributed by atoms with Crippen LogP contribution in [0.5, 0.6) is 11.5 Å². The number of benzene rings is 1. The van der Waals surface area contributed by atoms with Crippen LogP contribution in [0.15, 0.2) is 24.3 Å². The molecule has 1 unspecified atom stereocenters. The van der Waals surface area contributed by atoms with Gasteiger partial charge in [-0.15, -0.1) is 0 Å². The Kier molecular flexibility index (Phi) is 3.67. The lowest BCUT2D eigenvalue weighted by Crippen LogP contribution is -2.34. The van der Waals surface area contributed by atoms with Crippen molar-refractivity contribution >= 4 is 0 Å². The first-order valence-electron chi connectivity index (χ1n) is 5.93. The van der Waals surface area contributed by atoms with E-state index in [-0.39, 0.29) is 11.8 Å². The Morgan fingerprint density at radius 1 is 1.38 bits per heavy atom. The van der Waals surface area contributed by atoms with Gasteiger partial charge in [0.05, 0.1) is 0 Å². The number of rotatable bonds is 4. The van der Waals surface area contributed by atoms with Crippen molar-refractivity contribution in [1.82, 2.24) is 0 Å². The Bertz CT molecular complexity index is 334. The smallest absolute Gasteiger partial charge is 0.123 e. The van der Waals surface area contributed by atoms with Crippen molar-refractivity contribution in [2.45, 2.75) is 31.7 Å². The third-order valence-electron chi connectivity index (χ3n) is 3.27. The van der Waals surface area contributed by atoms with Crippen LogP contribution >= 0.6 is 0 Å². The molecule has 3 heteroatoms. The molecule has 0 bridgehead atoms. The Balaban J connectivity index is 1.82. The minimum absolute atomic E-state index is 0.116. The van der Waals surface area contributed by atoms with Crippen molar-refractivity contribution in [1.29, 1.82) is 0 Å². The van der Waals surface area contributed by atoms with Crippen molar-refractivity contribution < 1.29 is 9.84 Å². The van der Waals surface area contributed by atoms with E-state index < -0.39 is 0 Å². The molecule has 1 aliphatic carbocycles. The van der Waals surface area contributed by atoms with Crippen molar-refractivity contribution in [3.63, 3.8) is 0 Å². The van der Waals surface area contributed by atoms with Gasteiger partial charge in [0.2, 0.25) is 0 Å². The van der Waals surface area contributed by atoms with Crippen LogP contribution in [0.2, 0.25) is 0 Å². The van der Waals surface area contributed by atoms with Crippen molar-refractivity contribution in [2.75, 3.05) is 6.61 Å². The van der Waals surface area contributed by atoms with Crippen LogP contribution in [0, 0.1) is 5.92 Å². The second kappa shape index (κ2) is 5.21. The van der Waals surface area contributed by atoms with Gasteiger partial charge < -0.3 is 15.6 Å². The molecule has 3 nitrogen and oxygen atoms in total. The summed E-state index contributed by atoms with van der Waals surface area (Å²) in [5.74, 6) is 1.53. The highest BCUT2D eigenvalue weighted by molar-refractivity contribution is 5.31. The molecule has 1 fully saturated rings. The highest BCUT2D eigenvalue weighted by atomic mass is 16.5. The molecule has 1 atom stereocenters. The van der Waals surface area contributed by atoms with Gasteiger partial charge in [-0.3, -0.25) is 0 Å². The summed E-state index contributed by atoms with van der Waals surface area (Å²) in [6.07, 6.45) is 5.05. The van der Waals surface area contributed by atoms with Gasteiger partial charge in [0.1, 0.15) is 18.1 Å². The summed E-state index contributed by atoms with van der Waals surface area (Å²) >= 11 is 0. The van der Waals surface area contributed by atoms with E-state index in [1.807, 2.05) is 6.07 Å². The molecule has 0 saturated heterocycles. The largest absolute Gasteiger partial charge is 0.508 e. The molecule has 0 radical (unpaired) electrons. The first-order valence-corrected chi connectivity index (χ1v) is 5.93. The fraction of sp³-hybridized carbons (Fsp3) is 0.538. The summed E-state index contributed by atoms with van der Waals surface area (Å²) in [5, 5.41) is 9.28. The average molecular weight is 221 g/mol. The summed E-state index contributed by atoms with van der Waals surface area (Å²) < 4.78 is 5.58. The molecular formula is C13H19NO2. The first-order chi connectivity index (χ1) is 7.75. The molecule has 0 amide bonds. The lowest BCUT2D eigenvalue weighted by Gasteiger charge is -2.19. The number of aromatic hydroxyl groups is 1. The lowest BCUT2D eigenvalue weighted by molar-refractivity contribution is 0.246. The first kappa shape index (κ1) is 11.3. The zero-order valence-electron chi connectivity index (χ0n) is 9.43. The second-order valence-corrected chi connectivity index (χ2v) is 4.52. The Labute approximate surface area is 96.2 Å². The maximum absolute atomic E-state index is 9.28. The van der Waals surface area contributed by atoms with Crippen LogP contribution in [0.4, 0.5) is 0 Å². The molecule has 88 valence electrons. The van der Waals surface area contributed by atoms with E-state index in [1.165, 1.54) is 25.7 Å². The number of hydrogen-bond donors (Lipinski definition) is 2. The number of phenolic OH excluding ortho intramolecular Hbond substituents is 1. The fourth-order valence-corrected chi connectivity index (χ4v) is 2.29. The number of phenols is 1. The van der Waals surface area contributed by atoms with Crippen molar-refractivity contribution in [3.8, 4) is 11.5 Å². The third-order valence-corrected chi connectivity index (χ3v) is 3.27. The Hall–Kier alpha value is -1.22. The van der Waals surface area contributed by atoms with Crippen molar-refractivity contribution in [2.24, 2.45) is 11.7 Å². The summed E-state index contributed by atoms with van der Waals surface area (Å²) in [6, 6.07) is 6.96. The van der Waals surface area contributed by atoms with E-state index in [0.717, 1.165) is 0 Å². The highest BCUT2D eigenvalue weighted by Crippen LogP contribution is 2.27. The predicted octanol–water partition coefficient (Wildman–Crippen LogP) is 2.29. The number of nitrogens with two attached hydrogens (primary N) is 1.